The van der Waals surface area contributed by atoms with Crippen molar-refractivity contribution in [1.82, 2.24) is 14.7 Å². The number of nitrogens with zero attached hydrogens (tertiary/aromatic N) is 3. The molecule has 3 rings (SSSR count). The largest absolute Gasteiger partial charge is 0.332 e. The van der Waals surface area contributed by atoms with Crippen molar-refractivity contribution in [3.05, 3.63) is 75.4 Å². The van der Waals surface area contributed by atoms with Crippen molar-refractivity contribution in [2.24, 2.45) is 0 Å². The number of benzene rings is 2. The first-order valence-electron chi connectivity index (χ1n) is 10.1. The number of hydrogen-bond acceptors (Lipinski definition) is 3. The zero-order valence-electron chi connectivity index (χ0n) is 18.7. The molecule has 1 heterocycles. The summed E-state index contributed by atoms with van der Waals surface area (Å²) in [5.41, 5.74) is 2.96. The van der Waals surface area contributed by atoms with Crippen LogP contribution in [0.5, 0.6) is 0 Å². The number of carbonyl (C=O) groups is 2. The predicted octanol–water partition coefficient (Wildman–Crippen LogP) is 5.50. The first-order valence-corrected chi connectivity index (χ1v) is 10.9. The fourth-order valence-corrected chi connectivity index (χ4v) is 3.34. The molecule has 0 aliphatic carbocycles. The molecule has 2 amide bonds. The summed E-state index contributed by atoms with van der Waals surface area (Å²) in [5, 5.41) is 8.25. The van der Waals surface area contributed by atoms with Gasteiger partial charge >= 0.3 is 0 Å². The van der Waals surface area contributed by atoms with E-state index in [1.165, 1.54) is 11.0 Å². The highest BCUT2D eigenvalue weighted by atomic mass is 35.5. The van der Waals surface area contributed by atoms with Gasteiger partial charge in [-0.3, -0.25) is 9.59 Å². The summed E-state index contributed by atoms with van der Waals surface area (Å²) in [5.74, 6) is -0.130. The van der Waals surface area contributed by atoms with Crippen LogP contribution in [0, 0.1) is 6.92 Å². The maximum Gasteiger partial charge on any atom is 0.254 e. The van der Waals surface area contributed by atoms with Gasteiger partial charge in [-0.05, 0) is 37.3 Å². The van der Waals surface area contributed by atoms with Crippen LogP contribution in [0.4, 0.5) is 5.82 Å². The van der Waals surface area contributed by atoms with Gasteiger partial charge in [0.25, 0.3) is 5.91 Å². The molecule has 0 unspecified atom stereocenters. The number of aryl methyl sites for hydroxylation is 1. The van der Waals surface area contributed by atoms with E-state index in [0.29, 0.717) is 16.4 Å². The van der Waals surface area contributed by atoms with Crippen LogP contribution in [-0.2, 0) is 10.2 Å². The first-order chi connectivity index (χ1) is 15.0. The lowest BCUT2D eigenvalue weighted by atomic mass is 9.92. The number of halogens is 2. The highest BCUT2D eigenvalue weighted by Gasteiger charge is 2.22. The number of likely N-dealkylation sites (N-methyl/N-ethyl adjacent to an activating group) is 1. The van der Waals surface area contributed by atoms with Crippen LogP contribution in [0.2, 0.25) is 10.0 Å². The second kappa shape index (κ2) is 9.35. The van der Waals surface area contributed by atoms with Gasteiger partial charge in [0.1, 0.15) is 5.82 Å². The van der Waals surface area contributed by atoms with Crippen LogP contribution in [0.15, 0.2) is 48.5 Å². The fraction of sp³-hybridized carbons (Fsp3) is 0.292. The van der Waals surface area contributed by atoms with E-state index in [2.05, 4.69) is 26.1 Å². The Hall–Kier alpha value is -2.83. The van der Waals surface area contributed by atoms with Gasteiger partial charge < -0.3 is 10.2 Å². The van der Waals surface area contributed by atoms with Gasteiger partial charge in [0.2, 0.25) is 5.91 Å². The number of anilines is 1. The number of rotatable bonds is 5. The third kappa shape index (κ3) is 5.50. The Morgan fingerprint density at radius 3 is 2.28 bits per heavy atom. The molecule has 0 aliphatic heterocycles. The second-order valence-electron chi connectivity index (χ2n) is 8.75. The first kappa shape index (κ1) is 23.8. The lowest BCUT2D eigenvalue weighted by Crippen LogP contribution is -2.35. The smallest absolute Gasteiger partial charge is 0.254 e. The summed E-state index contributed by atoms with van der Waals surface area (Å²) in [6.45, 7) is 8.05. The normalized spacial score (nSPS) is 11.3. The average Bonchev–Trinajstić information content (AvgIpc) is 3.14. The highest BCUT2D eigenvalue weighted by Crippen LogP contribution is 2.27. The van der Waals surface area contributed by atoms with Gasteiger partial charge in [0, 0.05) is 24.1 Å². The van der Waals surface area contributed by atoms with Gasteiger partial charge in [0.05, 0.1) is 28.0 Å². The van der Waals surface area contributed by atoms with E-state index >= 15 is 0 Å². The molecule has 8 heteroatoms. The Balaban J connectivity index is 1.80. The molecular weight excluding hydrogens is 447 g/mol. The van der Waals surface area contributed by atoms with Crippen molar-refractivity contribution in [1.29, 1.82) is 0 Å². The predicted molar refractivity (Wildman–Crippen MR) is 129 cm³/mol. The Labute approximate surface area is 198 Å². The number of nitrogens with one attached hydrogen (secondary N) is 1. The zero-order chi connectivity index (χ0) is 23.6. The second-order valence-corrected chi connectivity index (χ2v) is 9.56. The fourth-order valence-electron chi connectivity index (χ4n) is 3.04. The molecule has 0 aliphatic rings. The lowest BCUT2D eigenvalue weighted by Gasteiger charge is -2.17. The summed E-state index contributed by atoms with van der Waals surface area (Å²) in [6, 6.07) is 14.4. The Morgan fingerprint density at radius 1 is 1.03 bits per heavy atom. The monoisotopic (exact) mass is 472 g/mol. The van der Waals surface area contributed by atoms with Gasteiger partial charge in [0.15, 0.2) is 0 Å². The van der Waals surface area contributed by atoms with Crippen LogP contribution >= 0.6 is 23.2 Å². The van der Waals surface area contributed by atoms with Gasteiger partial charge in [-0.25, -0.2) is 4.68 Å². The summed E-state index contributed by atoms with van der Waals surface area (Å²) < 4.78 is 1.71. The Bertz CT molecular complexity index is 1150. The third-order valence-electron chi connectivity index (χ3n) is 4.92. The van der Waals surface area contributed by atoms with Crippen molar-refractivity contribution in [3.63, 3.8) is 0 Å². The molecule has 0 atom stereocenters. The minimum absolute atomic E-state index is 0.136. The molecule has 1 aromatic heterocycles. The van der Waals surface area contributed by atoms with E-state index in [0.717, 1.165) is 16.9 Å². The van der Waals surface area contributed by atoms with Crippen molar-refractivity contribution in [2.45, 2.75) is 33.1 Å². The molecule has 2 aromatic carbocycles. The zero-order valence-corrected chi connectivity index (χ0v) is 20.3. The third-order valence-corrected chi connectivity index (χ3v) is 5.66. The van der Waals surface area contributed by atoms with E-state index in [1.807, 2.05) is 37.3 Å². The standard InChI is InChI=1S/C24H26Cl2N4O2/c1-15-6-9-17(10-7-15)30-21(13-20(28-30)24(2,3)4)27-22(31)14-29(5)23(32)16-8-11-18(25)19(26)12-16/h6-13H,14H2,1-5H3,(H,27,31). The summed E-state index contributed by atoms with van der Waals surface area (Å²) >= 11 is 11.9. The van der Waals surface area contributed by atoms with Gasteiger partial charge in [-0.15, -0.1) is 0 Å². The molecule has 0 saturated heterocycles. The van der Waals surface area contributed by atoms with Crippen LogP contribution in [-0.4, -0.2) is 40.1 Å². The molecule has 168 valence electrons. The minimum atomic E-state index is -0.338. The molecule has 0 radical (unpaired) electrons. The molecule has 0 bridgehead atoms. The Kier molecular flexibility index (Phi) is 6.96. The molecule has 0 spiro atoms. The SMILES string of the molecule is Cc1ccc(-n2nc(C(C)(C)C)cc2NC(=O)CN(C)C(=O)c2ccc(Cl)c(Cl)c2)cc1. The van der Waals surface area contributed by atoms with Crippen LogP contribution < -0.4 is 5.32 Å². The molecule has 32 heavy (non-hydrogen) atoms. The maximum absolute atomic E-state index is 12.8. The Morgan fingerprint density at radius 2 is 1.69 bits per heavy atom. The highest BCUT2D eigenvalue weighted by molar-refractivity contribution is 6.42. The van der Waals surface area contributed by atoms with Gasteiger partial charge in [-0.1, -0.05) is 61.7 Å². The summed E-state index contributed by atoms with van der Waals surface area (Å²) in [6.07, 6.45) is 0. The van der Waals surface area contributed by atoms with E-state index < -0.39 is 0 Å². The van der Waals surface area contributed by atoms with E-state index in [9.17, 15) is 9.59 Å². The number of amides is 2. The van der Waals surface area contributed by atoms with Crippen molar-refractivity contribution < 1.29 is 9.59 Å². The summed E-state index contributed by atoms with van der Waals surface area (Å²) in [4.78, 5) is 26.8. The molecule has 3 aromatic rings. The minimum Gasteiger partial charge on any atom is -0.332 e. The number of hydrogen-bond donors (Lipinski definition) is 1. The average molecular weight is 473 g/mol. The quantitative estimate of drug-likeness (QED) is 0.533. The van der Waals surface area contributed by atoms with E-state index in [-0.39, 0.29) is 28.8 Å². The topological polar surface area (TPSA) is 67.2 Å². The van der Waals surface area contributed by atoms with Crippen molar-refractivity contribution in [3.8, 4) is 5.69 Å². The van der Waals surface area contributed by atoms with E-state index in [4.69, 9.17) is 28.3 Å². The van der Waals surface area contributed by atoms with Crippen LogP contribution in [0.1, 0.15) is 42.4 Å². The van der Waals surface area contributed by atoms with Gasteiger partial charge in [-0.2, -0.15) is 5.10 Å². The van der Waals surface area contributed by atoms with Crippen LogP contribution in [0.3, 0.4) is 0 Å². The van der Waals surface area contributed by atoms with Crippen molar-refractivity contribution >= 4 is 40.8 Å². The van der Waals surface area contributed by atoms with Crippen molar-refractivity contribution in [2.75, 3.05) is 18.9 Å². The molecule has 1 N–H and O–H groups in total. The number of aromatic nitrogens is 2. The number of carbonyl (C=O) groups excluding carboxylic acids is 2. The molecular formula is C24H26Cl2N4O2. The maximum atomic E-state index is 12.8. The molecule has 0 fully saturated rings. The summed E-state index contributed by atoms with van der Waals surface area (Å²) in [7, 11) is 1.56. The molecule has 6 nitrogen and oxygen atoms in total. The van der Waals surface area contributed by atoms with E-state index in [1.54, 1.807) is 23.9 Å². The molecule has 0 saturated carbocycles. The van der Waals surface area contributed by atoms with Crippen LogP contribution in [0.25, 0.3) is 5.69 Å². The lowest BCUT2D eigenvalue weighted by molar-refractivity contribution is -0.116.